The first-order valence-corrected chi connectivity index (χ1v) is 9.72. The molecule has 3 nitrogen and oxygen atoms in total. The lowest BCUT2D eigenvalue weighted by molar-refractivity contribution is -0.00210. The van der Waals surface area contributed by atoms with Crippen LogP contribution in [-0.4, -0.2) is 11.5 Å². The van der Waals surface area contributed by atoms with Crippen molar-refractivity contribution in [3.8, 4) is 5.75 Å². The lowest BCUT2D eigenvalue weighted by Crippen LogP contribution is -2.46. The minimum atomic E-state index is -0.119. The minimum Gasteiger partial charge on any atom is -0.487 e. The topological polar surface area (TPSA) is 38.3 Å². The van der Waals surface area contributed by atoms with Crippen molar-refractivity contribution < 1.29 is 9.53 Å². The lowest BCUT2D eigenvalue weighted by Gasteiger charge is -2.44. The molecule has 2 aliphatic rings. The maximum atomic E-state index is 13.0. The summed E-state index contributed by atoms with van der Waals surface area (Å²) in [5.41, 5.74) is 3.87. The second-order valence-electron chi connectivity index (χ2n) is 7.93. The predicted molar refractivity (Wildman–Crippen MR) is 104 cm³/mol. The highest BCUT2D eigenvalue weighted by molar-refractivity contribution is 5.96. The first kappa shape index (κ1) is 17.1. The van der Waals surface area contributed by atoms with Gasteiger partial charge >= 0.3 is 0 Å². The Bertz CT molecular complexity index is 821. The van der Waals surface area contributed by atoms with Crippen LogP contribution in [0.1, 0.15) is 71.6 Å². The average Bonchev–Trinajstić information content (AvgIpc) is 2.64. The van der Waals surface area contributed by atoms with Gasteiger partial charge in [0.15, 0.2) is 0 Å². The van der Waals surface area contributed by atoms with Crippen molar-refractivity contribution in [1.29, 1.82) is 0 Å². The first-order valence-electron chi connectivity index (χ1n) is 9.72. The van der Waals surface area contributed by atoms with Crippen molar-refractivity contribution >= 4 is 5.91 Å². The van der Waals surface area contributed by atoms with E-state index in [-0.39, 0.29) is 17.6 Å². The Morgan fingerprint density at radius 3 is 2.65 bits per heavy atom. The number of benzene rings is 2. The highest BCUT2D eigenvalue weighted by Crippen LogP contribution is 2.46. The molecule has 1 atom stereocenters. The van der Waals surface area contributed by atoms with E-state index >= 15 is 0 Å². The Labute approximate surface area is 155 Å². The Morgan fingerprint density at radius 1 is 1.08 bits per heavy atom. The molecule has 1 saturated carbocycles. The zero-order valence-electron chi connectivity index (χ0n) is 15.7. The fraction of sp³-hybridized carbons (Fsp3) is 0.435. The highest BCUT2D eigenvalue weighted by atomic mass is 16.5. The zero-order chi connectivity index (χ0) is 18.1. The molecule has 136 valence electrons. The number of ether oxygens (including phenoxy) is 1. The van der Waals surface area contributed by atoms with E-state index in [4.69, 9.17) is 4.74 Å². The molecule has 0 radical (unpaired) electrons. The molecule has 1 spiro atoms. The largest absolute Gasteiger partial charge is 0.487 e. The van der Waals surface area contributed by atoms with Gasteiger partial charge in [0.2, 0.25) is 0 Å². The van der Waals surface area contributed by atoms with Crippen LogP contribution in [0.4, 0.5) is 0 Å². The summed E-state index contributed by atoms with van der Waals surface area (Å²) < 4.78 is 6.47. The van der Waals surface area contributed by atoms with E-state index in [9.17, 15) is 4.79 Å². The fourth-order valence-corrected chi connectivity index (χ4v) is 4.47. The number of hydrogen-bond donors (Lipinski definition) is 1. The molecule has 0 unspecified atom stereocenters. The van der Waals surface area contributed by atoms with Gasteiger partial charge in [0, 0.05) is 17.5 Å². The van der Waals surface area contributed by atoms with Crippen LogP contribution in [0.25, 0.3) is 0 Å². The van der Waals surface area contributed by atoms with Crippen LogP contribution < -0.4 is 10.1 Å². The number of amides is 1. The van der Waals surface area contributed by atoms with E-state index < -0.39 is 0 Å². The van der Waals surface area contributed by atoms with Crippen LogP contribution in [0.3, 0.4) is 0 Å². The summed E-state index contributed by atoms with van der Waals surface area (Å²) in [5.74, 6) is 0.950. The summed E-state index contributed by atoms with van der Waals surface area (Å²) in [5, 5.41) is 3.31. The van der Waals surface area contributed by atoms with Gasteiger partial charge in [-0.3, -0.25) is 4.79 Å². The second-order valence-corrected chi connectivity index (χ2v) is 7.93. The molecule has 1 aliphatic heterocycles. The van der Waals surface area contributed by atoms with Crippen LogP contribution in [-0.2, 0) is 0 Å². The summed E-state index contributed by atoms with van der Waals surface area (Å²) in [7, 11) is 0. The Morgan fingerprint density at radius 2 is 1.85 bits per heavy atom. The van der Waals surface area contributed by atoms with Gasteiger partial charge in [-0.05, 0) is 57.2 Å². The van der Waals surface area contributed by atoms with Gasteiger partial charge in [-0.1, -0.05) is 42.3 Å². The SMILES string of the molecule is Cc1ccc(C)c(C(=O)N[C@H]2CC3(CCCCC3)Oc3ccccc32)c1. The van der Waals surface area contributed by atoms with Crippen molar-refractivity contribution in [1.82, 2.24) is 5.32 Å². The number of carbonyl (C=O) groups is 1. The monoisotopic (exact) mass is 349 g/mol. The minimum absolute atomic E-state index is 0.00506. The molecule has 1 heterocycles. The van der Waals surface area contributed by atoms with Crippen molar-refractivity contribution in [3.63, 3.8) is 0 Å². The van der Waals surface area contributed by atoms with Gasteiger partial charge < -0.3 is 10.1 Å². The van der Waals surface area contributed by atoms with E-state index in [1.54, 1.807) is 0 Å². The van der Waals surface area contributed by atoms with Gasteiger partial charge in [0.1, 0.15) is 11.4 Å². The van der Waals surface area contributed by atoms with Crippen LogP contribution in [0.15, 0.2) is 42.5 Å². The molecule has 1 amide bonds. The molecule has 2 aromatic carbocycles. The molecule has 26 heavy (non-hydrogen) atoms. The standard InChI is InChI=1S/C23H27NO2/c1-16-10-11-17(2)19(14-16)22(25)24-20-15-23(12-6-3-7-13-23)26-21-9-5-4-8-18(20)21/h4-5,8-11,14,20H,3,6-7,12-13,15H2,1-2H3,(H,24,25)/t20-/m0/s1. The molecular formula is C23H27NO2. The summed E-state index contributed by atoms with van der Waals surface area (Å²) in [4.78, 5) is 13.0. The van der Waals surface area contributed by atoms with E-state index in [2.05, 4.69) is 11.4 Å². The summed E-state index contributed by atoms with van der Waals surface area (Å²) >= 11 is 0. The smallest absolute Gasteiger partial charge is 0.252 e. The molecule has 1 fully saturated rings. The Hall–Kier alpha value is -2.29. The number of carbonyl (C=O) groups excluding carboxylic acids is 1. The molecule has 3 heteroatoms. The summed E-state index contributed by atoms with van der Waals surface area (Å²) in [6.07, 6.45) is 6.72. The third-order valence-electron chi connectivity index (χ3n) is 5.90. The molecule has 0 saturated heterocycles. The first-order chi connectivity index (χ1) is 12.6. The molecule has 0 bridgehead atoms. The van der Waals surface area contributed by atoms with E-state index in [0.717, 1.165) is 47.3 Å². The summed E-state index contributed by atoms with van der Waals surface area (Å²) in [6, 6.07) is 14.2. The highest BCUT2D eigenvalue weighted by Gasteiger charge is 2.42. The predicted octanol–water partition coefficient (Wildman–Crippen LogP) is 5.26. The van der Waals surface area contributed by atoms with Crippen molar-refractivity contribution in [2.24, 2.45) is 0 Å². The molecular weight excluding hydrogens is 322 g/mol. The maximum absolute atomic E-state index is 13.0. The van der Waals surface area contributed by atoms with E-state index in [1.165, 1.54) is 19.3 Å². The third kappa shape index (κ3) is 3.23. The molecule has 4 rings (SSSR count). The van der Waals surface area contributed by atoms with E-state index in [0.29, 0.717) is 0 Å². The second kappa shape index (κ2) is 6.79. The van der Waals surface area contributed by atoms with Gasteiger partial charge in [-0.2, -0.15) is 0 Å². The molecule has 1 N–H and O–H groups in total. The number of hydrogen-bond acceptors (Lipinski definition) is 2. The zero-order valence-corrected chi connectivity index (χ0v) is 15.7. The third-order valence-corrected chi connectivity index (χ3v) is 5.90. The van der Waals surface area contributed by atoms with Gasteiger partial charge in [0.05, 0.1) is 6.04 Å². The fourth-order valence-electron chi connectivity index (χ4n) is 4.47. The number of fused-ring (bicyclic) bond motifs is 1. The molecule has 2 aromatic rings. The van der Waals surface area contributed by atoms with Crippen molar-refractivity contribution in [2.45, 2.75) is 64.0 Å². The number of aryl methyl sites for hydroxylation is 2. The summed E-state index contributed by atoms with van der Waals surface area (Å²) in [6.45, 7) is 4.02. The average molecular weight is 349 g/mol. The van der Waals surface area contributed by atoms with Crippen LogP contribution in [0.2, 0.25) is 0 Å². The maximum Gasteiger partial charge on any atom is 0.252 e. The normalized spacial score (nSPS) is 20.9. The van der Waals surface area contributed by atoms with Crippen LogP contribution >= 0.6 is 0 Å². The lowest BCUT2D eigenvalue weighted by atomic mass is 9.77. The van der Waals surface area contributed by atoms with Gasteiger partial charge in [0.25, 0.3) is 5.91 Å². The van der Waals surface area contributed by atoms with Crippen LogP contribution in [0, 0.1) is 13.8 Å². The molecule has 1 aliphatic carbocycles. The number of para-hydroxylation sites is 1. The van der Waals surface area contributed by atoms with Gasteiger partial charge in [-0.15, -0.1) is 0 Å². The Balaban J connectivity index is 1.64. The number of nitrogens with one attached hydrogen (secondary N) is 1. The van der Waals surface area contributed by atoms with E-state index in [1.807, 2.05) is 50.2 Å². The Kier molecular flexibility index (Phi) is 4.47. The number of rotatable bonds is 2. The molecule has 0 aromatic heterocycles. The van der Waals surface area contributed by atoms with Crippen LogP contribution in [0.5, 0.6) is 5.75 Å². The van der Waals surface area contributed by atoms with Crippen molar-refractivity contribution in [2.75, 3.05) is 0 Å². The van der Waals surface area contributed by atoms with Gasteiger partial charge in [-0.25, -0.2) is 0 Å². The quantitative estimate of drug-likeness (QED) is 0.803. The van der Waals surface area contributed by atoms with Crippen molar-refractivity contribution in [3.05, 3.63) is 64.7 Å².